The van der Waals surface area contributed by atoms with Crippen molar-refractivity contribution in [2.24, 2.45) is 0 Å². The van der Waals surface area contributed by atoms with Crippen LogP contribution in [0.15, 0.2) is 23.1 Å². The van der Waals surface area contributed by atoms with E-state index in [9.17, 15) is 18.0 Å². The number of ether oxygens (including phenoxy) is 1. The highest BCUT2D eigenvalue weighted by atomic mass is 32.2. The van der Waals surface area contributed by atoms with Crippen molar-refractivity contribution in [3.8, 4) is 5.75 Å². The van der Waals surface area contributed by atoms with Crippen LogP contribution in [0.25, 0.3) is 0 Å². The number of hydrogen-bond donors (Lipinski definition) is 1. The van der Waals surface area contributed by atoms with Crippen LogP contribution >= 0.6 is 0 Å². The second-order valence-corrected chi connectivity index (χ2v) is 7.74. The van der Waals surface area contributed by atoms with Crippen molar-refractivity contribution in [3.63, 3.8) is 0 Å². The van der Waals surface area contributed by atoms with Crippen LogP contribution in [0.1, 0.15) is 18.4 Å². The zero-order chi connectivity index (χ0) is 18.6. The van der Waals surface area contributed by atoms with Gasteiger partial charge in [0.25, 0.3) is 0 Å². The van der Waals surface area contributed by atoms with Gasteiger partial charge in [0.2, 0.25) is 15.9 Å². The third-order valence-corrected chi connectivity index (χ3v) is 6.00. The maximum atomic E-state index is 12.9. The molecule has 9 heteroatoms. The van der Waals surface area contributed by atoms with Gasteiger partial charge in [-0.2, -0.15) is 4.31 Å². The van der Waals surface area contributed by atoms with Gasteiger partial charge in [-0.1, -0.05) is 6.07 Å². The molecule has 1 aromatic rings. The molecule has 2 rings (SSSR count). The summed E-state index contributed by atoms with van der Waals surface area (Å²) in [7, 11) is -2.31. The van der Waals surface area contributed by atoms with Gasteiger partial charge >= 0.3 is 5.97 Å². The van der Waals surface area contributed by atoms with E-state index in [1.165, 1.54) is 16.3 Å². The average Bonchev–Trinajstić information content (AvgIpc) is 2.59. The van der Waals surface area contributed by atoms with Crippen molar-refractivity contribution in [1.29, 1.82) is 0 Å². The molecule has 8 nitrogen and oxygen atoms in total. The van der Waals surface area contributed by atoms with Crippen LogP contribution in [0.5, 0.6) is 5.75 Å². The van der Waals surface area contributed by atoms with Crippen molar-refractivity contribution in [3.05, 3.63) is 23.8 Å². The lowest BCUT2D eigenvalue weighted by Gasteiger charge is -2.34. The van der Waals surface area contributed by atoms with Crippen molar-refractivity contribution in [2.45, 2.75) is 24.7 Å². The molecule has 0 radical (unpaired) electrons. The molecule has 0 aliphatic carbocycles. The minimum atomic E-state index is -3.73. The van der Waals surface area contributed by atoms with Crippen LogP contribution in [0.2, 0.25) is 0 Å². The molecule has 0 atom stereocenters. The highest BCUT2D eigenvalue weighted by Crippen LogP contribution is 2.28. The minimum Gasteiger partial charge on any atom is -0.495 e. The first-order valence-electron chi connectivity index (χ1n) is 7.90. The van der Waals surface area contributed by atoms with Crippen LogP contribution in [0.3, 0.4) is 0 Å². The number of hydrogen-bond acceptors (Lipinski definition) is 5. The lowest BCUT2D eigenvalue weighted by molar-refractivity contribution is -0.141. The van der Waals surface area contributed by atoms with Crippen molar-refractivity contribution in [2.75, 3.05) is 33.3 Å². The minimum absolute atomic E-state index is 0.0756. The fraction of sp³-hybridized carbons (Fsp3) is 0.500. The molecule has 1 saturated heterocycles. The predicted molar refractivity (Wildman–Crippen MR) is 89.9 cm³/mol. The molecule has 0 saturated carbocycles. The Bertz CT molecular complexity index is 754. The fourth-order valence-electron chi connectivity index (χ4n) is 2.67. The number of carboxylic acid groups (broad SMARTS) is 1. The molecule has 1 N–H and O–H groups in total. The second kappa shape index (κ2) is 7.83. The summed E-state index contributed by atoms with van der Waals surface area (Å²) in [4.78, 5) is 24.1. The largest absolute Gasteiger partial charge is 0.495 e. The predicted octanol–water partition coefficient (Wildman–Crippen LogP) is 0.701. The Morgan fingerprint density at radius 1 is 1.16 bits per heavy atom. The van der Waals surface area contributed by atoms with Crippen LogP contribution in [0.4, 0.5) is 0 Å². The first-order valence-corrected chi connectivity index (χ1v) is 9.34. The van der Waals surface area contributed by atoms with Gasteiger partial charge in [0.15, 0.2) is 0 Å². The fourth-order valence-corrected chi connectivity index (χ4v) is 4.34. The zero-order valence-corrected chi connectivity index (χ0v) is 15.1. The SMILES string of the molecule is COc1ccc(C)cc1S(=O)(=O)N1CCN(C(=O)CCC(=O)O)CC1. The van der Waals surface area contributed by atoms with Crippen LogP contribution in [0, 0.1) is 6.92 Å². The summed E-state index contributed by atoms with van der Waals surface area (Å²) in [6.45, 7) is 2.62. The number of nitrogens with zero attached hydrogens (tertiary/aromatic N) is 2. The molecule has 1 fully saturated rings. The number of aliphatic carboxylic acids is 1. The number of carbonyl (C=O) groups excluding carboxylic acids is 1. The maximum absolute atomic E-state index is 12.9. The summed E-state index contributed by atoms with van der Waals surface area (Å²) in [5.74, 6) is -1.01. The van der Waals surface area contributed by atoms with Crippen LogP contribution in [-0.4, -0.2) is 67.9 Å². The molecule has 1 aliphatic rings. The highest BCUT2D eigenvalue weighted by Gasteiger charge is 2.32. The molecular weight excluding hydrogens is 348 g/mol. The number of benzene rings is 1. The average molecular weight is 370 g/mol. The van der Waals surface area contributed by atoms with Gasteiger partial charge in [-0.3, -0.25) is 9.59 Å². The number of aryl methyl sites for hydroxylation is 1. The van der Waals surface area contributed by atoms with E-state index in [1.54, 1.807) is 25.1 Å². The van der Waals surface area contributed by atoms with Gasteiger partial charge < -0.3 is 14.7 Å². The first-order chi connectivity index (χ1) is 11.8. The molecule has 0 unspecified atom stereocenters. The molecule has 1 heterocycles. The molecule has 0 spiro atoms. The van der Waals surface area contributed by atoms with Crippen molar-refractivity contribution in [1.82, 2.24) is 9.21 Å². The van der Waals surface area contributed by atoms with Crippen molar-refractivity contribution >= 4 is 21.9 Å². The normalized spacial score (nSPS) is 15.8. The summed E-state index contributed by atoms with van der Waals surface area (Å²) in [5.41, 5.74) is 0.807. The van der Waals surface area contributed by atoms with E-state index in [0.717, 1.165) is 5.56 Å². The molecule has 25 heavy (non-hydrogen) atoms. The number of piperazine rings is 1. The number of rotatable bonds is 6. The molecule has 1 amide bonds. The Hall–Kier alpha value is -2.13. The summed E-state index contributed by atoms with van der Waals surface area (Å²) < 4.78 is 32.2. The van der Waals surface area contributed by atoms with Crippen molar-refractivity contribution < 1.29 is 27.9 Å². The highest BCUT2D eigenvalue weighted by molar-refractivity contribution is 7.89. The third-order valence-electron chi connectivity index (χ3n) is 4.08. The lowest BCUT2D eigenvalue weighted by Crippen LogP contribution is -2.50. The third kappa shape index (κ3) is 4.49. The number of amides is 1. The molecule has 0 aromatic heterocycles. The Labute approximate surface area is 147 Å². The number of sulfonamides is 1. The monoisotopic (exact) mass is 370 g/mol. The Kier molecular flexibility index (Phi) is 6.02. The Balaban J connectivity index is 2.08. The van der Waals surface area contributed by atoms with Gasteiger partial charge in [-0.25, -0.2) is 8.42 Å². The lowest BCUT2D eigenvalue weighted by atomic mass is 10.2. The van der Waals surface area contributed by atoms with E-state index in [4.69, 9.17) is 9.84 Å². The molecule has 0 bridgehead atoms. The second-order valence-electron chi connectivity index (χ2n) is 5.83. The van der Waals surface area contributed by atoms with Gasteiger partial charge in [0.05, 0.1) is 13.5 Å². The van der Waals surface area contributed by atoms with E-state index >= 15 is 0 Å². The van der Waals surface area contributed by atoms with Gasteiger partial charge in [0, 0.05) is 32.6 Å². The van der Waals surface area contributed by atoms with E-state index in [-0.39, 0.29) is 55.6 Å². The van der Waals surface area contributed by atoms with E-state index < -0.39 is 16.0 Å². The Morgan fingerprint density at radius 3 is 2.36 bits per heavy atom. The van der Waals surface area contributed by atoms with Crippen LogP contribution in [-0.2, 0) is 19.6 Å². The van der Waals surface area contributed by atoms with Gasteiger partial charge in [0.1, 0.15) is 10.6 Å². The first kappa shape index (κ1) is 19.2. The quantitative estimate of drug-likeness (QED) is 0.790. The number of methoxy groups -OCH3 is 1. The van der Waals surface area contributed by atoms with E-state index in [2.05, 4.69) is 0 Å². The molecule has 1 aromatic carbocycles. The summed E-state index contributed by atoms with van der Waals surface area (Å²) in [6.07, 6.45) is -0.300. The summed E-state index contributed by atoms with van der Waals surface area (Å²) in [6, 6.07) is 4.96. The number of carbonyl (C=O) groups is 2. The van der Waals surface area contributed by atoms with Crippen LogP contribution < -0.4 is 4.74 Å². The smallest absolute Gasteiger partial charge is 0.303 e. The topological polar surface area (TPSA) is 104 Å². The van der Waals surface area contributed by atoms with Gasteiger partial charge in [-0.15, -0.1) is 0 Å². The summed E-state index contributed by atoms with van der Waals surface area (Å²) >= 11 is 0. The Morgan fingerprint density at radius 2 is 1.80 bits per heavy atom. The van der Waals surface area contributed by atoms with Gasteiger partial charge in [-0.05, 0) is 24.6 Å². The molecule has 1 aliphatic heterocycles. The zero-order valence-electron chi connectivity index (χ0n) is 14.3. The standard InChI is InChI=1S/C16H22N2O6S/c1-12-3-4-13(24-2)14(11-12)25(22,23)18-9-7-17(8-10-18)15(19)5-6-16(20)21/h3-4,11H,5-10H2,1-2H3,(H,20,21). The maximum Gasteiger partial charge on any atom is 0.303 e. The summed E-state index contributed by atoms with van der Waals surface area (Å²) in [5, 5.41) is 8.64. The molecular formula is C16H22N2O6S. The van der Waals surface area contributed by atoms with E-state index in [0.29, 0.717) is 0 Å². The van der Waals surface area contributed by atoms with E-state index in [1.807, 2.05) is 0 Å². The number of carboxylic acids is 1. The molecule has 138 valence electrons.